The van der Waals surface area contributed by atoms with E-state index in [0.29, 0.717) is 28.7 Å². The molecular formula is C21H24N4O6. The molecule has 0 fully saturated rings. The van der Waals surface area contributed by atoms with Gasteiger partial charge in [-0.1, -0.05) is 13.3 Å². The Hall–Kier alpha value is -3.82. The molecule has 0 saturated heterocycles. The number of aryl methyl sites for hydroxylation is 2. The van der Waals surface area contributed by atoms with Crippen LogP contribution >= 0.6 is 0 Å². The second-order valence-electron chi connectivity index (χ2n) is 7.18. The number of nitrogens with zero attached hydrogens (tertiary/aromatic N) is 2. The first-order valence-corrected chi connectivity index (χ1v) is 9.73. The second-order valence-corrected chi connectivity index (χ2v) is 7.18. The first kappa shape index (κ1) is 23.5. The number of nitro groups is 2. The molecule has 164 valence electrons. The molecule has 31 heavy (non-hydrogen) atoms. The number of benzene rings is 2. The number of non-ortho nitro benzene ring substituents is 2. The monoisotopic (exact) mass is 428 g/mol. The topological polar surface area (TPSA) is 144 Å². The van der Waals surface area contributed by atoms with Gasteiger partial charge in [0.25, 0.3) is 23.2 Å². The van der Waals surface area contributed by atoms with Gasteiger partial charge in [-0.15, -0.1) is 0 Å². The Bertz CT molecular complexity index is 1020. The summed E-state index contributed by atoms with van der Waals surface area (Å²) in [6.07, 6.45) is 1.37. The van der Waals surface area contributed by atoms with E-state index in [1.165, 1.54) is 36.4 Å². The maximum absolute atomic E-state index is 12.6. The summed E-state index contributed by atoms with van der Waals surface area (Å²) in [5.41, 5.74) is 1.41. The van der Waals surface area contributed by atoms with Gasteiger partial charge in [-0.25, -0.2) is 0 Å². The highest BCUT2D eigenvalue weighted by atomic mass is 16.6. The van der Waals surface area contributed by atoms with Crippen molar-refractivity contribution >= 4 is 23.2 Å². The number of hydrogen-bond acceptors (Lipinski definition) is 6. The van der Waals surface area contributed by atoms with E-state index in [1.807, 2.05) is 6.92 Å². The molecule has 0 aliphatic rings. The van der Waals surface area contributed by atoms with Crippen LogP contribution in [0.1, 0.15) is 51.6 Å². The van der Waals surface area contributed by atoms with Crippen molar-refractivity contribution in [1.82, 2.24) is 10.6 Å². The molecule has 0 heterocycles. The first-order chi connectivity index (χ1) is 14.6. The van der Waals surface area contributed by atoms with E-state index in [1.54, 1.807) is 13.8 Å². The van der Waals surface area contributed by atoms with Crippen molar-refractivity contribution in [3.8, 4) is 0 Å². The predicted octanol–water partition coefficient (Wildman–Crippen LogP) is 3.45. The van der Waals surface area contributed by atoms with E-state index in [9.17, 15) is 29.8 Å². The number of amides is 2. The highest BCUT2D eigenvalue weighted by molar-refractivity contribution is 5.97. The average molecular weight is 428 g/mol. The molecule has 0 aromatic heterocycles. The Kier molecular flexibility index (Phi) is 7.78. The van der Waals surface area contributed by atoms with Crippen LogP contribution in [0.2, 0.25) is 0 Å². The Labute approximate surface area is 179 Å². The van der Waals surface area contributed by atoms with Gasteiger partial charge in [-0.3, -0.25) is 29.8 Å². The molecule has 2 aromatic rings. The van der Waals surface area contributed by atoms with E-state index in [4.69, 9.17) is 0 Å². The maximum Gasteiger partial charge on any atom is 0.269 e. The summed E-state index contributed by atoms with van der Waals surface area (Å²) >= 11 is 0. The molecule has 0 spiro atoms. The van der Waals surface area contributed by atoms with Gasteiger partial charge < -0.3 is 10.6 Å². The van der Waals surface area contributed by atoms with Gasteiger partial charge in [0, 0.05) is 48.0 Å². The van der Waals surface area contributed by atoms with Crippen LogP contribution in [0, 0.1) is 34.1 Å². The number of carbonyl (C=O) groups excluding carboxylic acids is 2. The van der Waals surface area contributed by atoms with Gasteiger partial charge in [0.15, 0.2) is 0 Å². The largest absolute Gasteiger partial charge is 0.350 e. The van der Waals surface area contributed by atoms with Crippen molar-refractivity contribution in [3.05, 3.63) is 78.9 Å². The quantitative estimate of drug-likeness (QED) is 0.462. The van der Waals surface area contributed by atoms with E-state index < -0.39 is 15.8 Å². The molecule has 0 saturated carbocycles. The van der Waals surface area contributed by atoms with Gasteiger partial charge in [0.2, 0.25) is 0 Å². The summed E-state index contributed by atoms with van der Waals surface area (Å²) in [6.45, 7) is 5.35. The zero-order valence-electron chi connectivity index (χ0n) is 17.5. The van der Waals surface area contributed by atoms with Gasteiger partial charge in [-0.2, -0.15) is 0 Å². The lowest BCUT2D eigenvalue weighted by molar-refractivity contribution is -0.385. The van der Waals surface area contributed by atoms with Crippen LogP contribution in [0.4, 0.5) is 11.4 Å². The Morgan fingerprint density at radius 1 is 0.903 bits per heavy atom. The second kappa shape index (κ2) is 10.3. The van der Waals surface area contributed by atoms with Crippen molar-refractivity contribution in [2.24, 2.45) is 0 Å². The predicted molar refractivity (Wildman–Crippen MR) is 114 cm³/mol. The van der Waals surface area contributed by atoms with Gasteiger partial charge in [0.1, 0.15) is 0 Å². The maximum atomic E-state index is 12.6. The summed E-state index contributed by atoms with van der Waals surface area (Å²) < 4.78 is 0. The molecule has 10 nitrogen and oxygen atoms in total. The highest BCUT2D eigenvalue weighted by Gasteiger charge is 2.19. The zero-order valence-corrected chi connectivity index (χ0v) is 17.5. The highest BCUT2D eigenvalue weighted by Crippen LogP contribution is 2.18. The van der Waals surface area contributed by atoms with Crippen LogP contribution < -0.4 is 10.6 Å². The molecule has 2 aromatic carbocycles. The molecule has 0 radical (unpaired) electrons. The van der Waals surface area contributed by atoms with Crippen LogP contribution in [0.5, 0.6) is 0 Å². The van der Waals surface area contributed by atoms with E-state index in [2.05, 4.69) is 10.6 Å². The third-order valence-electron chi connectivity index (χ3n) is 4.81. The standard InChI is InChI=1S/C21H24N4O6/c1-4-5-15(23-21(27)19-9-7-17(25(30)31)11-14(19)3)12-22-20(26)18-8-6-16(24(28)29)10-13(18)2/h6-11,15H,4-5,12H2,1-3H3,(H,22,26)(H,23,27). The fraction of sp³-hybridized carbons (Fsp3) is 0.333. The van der Waals surface area contributed by atoms with Crippen molar-refractivity contribution in [2.45, 2.75) is 39.7 Å². The first-order valence-electron chi connectivity index (χ1n) is 9.73. The Morgan fingerprint density at radius 3 is 1.81 bits per heavy atom. The molecular weight excluding hydrogens is 404 g/mol. The fourth-order valence-electron chi connectivity index (χ4n) is 3.18. The number of rotatable bonds is 9. The van der Waals surface area contributed by atoms with Crippen molar-refractivity contribution < 1.29 is 19.4 Å². The number of nitrogens with one attached hydrogen (secondary N) is 2. The number of carbonyl (C=O) groups is 2. The minimum Gasteiger partial charge on any atom is -0.350 e. The lowest BCUT2D eigenvalue weighted by Gasteiger charge is -2.20. The van der Waals surface area contributed by atoms with Crippen molar-refractivity contribution in [1.29, 1.82) is 0 Å². The lowest BCUT2D eigenvalue weighted by Crippen LogP contribution is -2.44. The summed E-state index contributed by atoms with van der Waals surface area (Å²) in [4.78, 5) is 45.8. The Morgan fingerprint density at radius 2 is 1.39 bits per heavy atom. The van der Waals surface area contributed by atoms with E-state index >= 15 is 0 Å². The summed E-state index contributed by atoms with van der Waals surface area (Å²) in [5, 5.41) is 27.3. The van der Waals surface area contributed by atoms with Crippen LogP contribution in [-0.4, -0.2) is 34.2 Å². The molecule has 0 aliphatic carbocycles. The molecule has 2 rings (SSSR count). The third-order valence-corrected chi connectivity index (χ3v) is 4.81. The molecule has 1 unspecified atom stereocenters. The minimum absolute atomic E-state index is 0.0927. The number of nitro benzene ring substituents is 2. The van der Waals surface area contributed by atoms with E-state index in [-0.39, 0.29) is 29.9 Å². The average Bonchev–Trinajstić information content (AvgIpc) is 2.71. The van der Waals surface area contributed by atoms with Crippen molar-refractivity contribution in [3.63, 3.8) is 0 Å². The molecule has 1 atom stereocenters. The van der Waals surface area contributed by atoms with Gasteiger partial charge >= 0.3 is 0 Å². The van der Waals surface area contributed by atoms with Crippen LogP contribution in [0.15, 0.2) is 36.4 Å². The normalized spacial score (nSPS) is 11.5. The number of hydrogen-bond donors (Lipinski definition) is 2. The summed E-state index contributed by atoms with van der Waals surface area (Å²) in [7, 11) is 0. The molecule has 2 N–H and O–H groups in total. The molecule has 10 heteroatoms. The van der Waals surface area contributed by atoms with Crippen LogP contribution in [-0.2, 0) is 0 Å². The zero-order chi connectivity index (χ0) is 23.1. The lowest BCUT2D eigenvalue weighted by atomic mass is 10.1. The smallest absolute Gasteiger partial charge is 0.269 e. The van der Waals surface area contributed by atoms with Crippen LogP contribution in [0.25, 0.3) is 0 Å². The fourth-order valence-corrected chi connectivity index (χ4v) is 3.18. The van der Waals surface area contributed by atoms with Gasteiger partial charge in [-0.05, 0) is 43.5 Å². The Balaban J connectivity index is 2.06. The minimum atomic E-state index is -0.526. The third kappa shape index (κ3) is 6.08. The SMILES string of the molecule is CCCC(CNC(=O)c1ccc([N+](=O)[O-])cc1C)NC(=O)c1ccc([N+](=O)[O-])cc1C. The molecule has 0 aliphatic heterocycles. The van der Waals surface area contributed by atoms with Crippen molar-refractivity contribution in [2.75, 3.05) is 6.54 Å². The molecule has 0 bridgehead atoms. The summed E-state index contributed by atoms with van der Waals surface area (Å²) in [6, 6.07) is 7.66. The summed E-state index contributed by atoms with van der Waals surface area (Å²) in [5.74, 6) is -0.777. The molecule has 2 amide bonds. The van der Waals surface area contributed by atoms with Gasteiger partial charge in [0.05, 0.1) is 9.85 Å². The van der Waals surface area contributed by atoms with Crippen LogP contribution in [0.3, 0.4) is 0 Å². The van der Waals surface area contributed by atoms with E-state index in [0.717, 1.165) is 6.42 Å².